The first-order valence-electron chi connectivity index (χ1n) is 11.5. The van der Waals surface area contributed by atoms with Crippen LogP contribution < -0.4 is 0 Å². The van der Waals surface area contributed by atoms with E-state index in [4.69, 9.17) is 0 Å². The molecule has 25 heavy (non-hydrogen) atoms. The number of amides is 1. The van der Waals surface area contributed by atoms with Crippen LogP contribution in [-0.2, 0) is 4.79 Å². The second-order valence-electron chi connectivity index (χ2n) is 7.73. The van der Waals surface area contributed by atoms with E-state index in [1.54, 1.807) is 0 Å². The fraction of sp³-hybridized carbons (Fsp3) is 0.957. The lowest BCUT2D eigenvalue weighted by Gasteiger charge is -2.23. The quantitative estimate of drug-likeness (QED) is 0.220. The largest absolute Gasteiger partial charge is 0.343 e. The topological polar surface area (TPSA) is 20.3 Å². The number of hydrogen-bond donors (Lipinski definition) is 0. The molecule has 0 heterocycles. The fourth-order valence-electron chi connectivity index (χ4n) is 3.39. The van der Waals surface area contributed by atoms with Gasteiger partial charge in [-0.25, -0.2) is 0 Å². The molecule has 2 heteroatoms. The summed E-state index contributed by atoms with van der Waals surface area (Å²) in [7, 11) is 0. The summed E-state index contributed by atoms with van der Waals surface area (Å²) in [6, 6.07) is 0. The molecule has 0 aliphatic carbocycles. The Morgan fingerprint density at radius 3 is 1.32 bits per heavy atom. The molecule has 0 unspecified atom stereocenters. The Labute approximate surface area is 159 Å². The van der Waals surface area contributed by atoms with Gasteiger partial charge >= 0.3 is 0 Å². The molecular weight excluding hydrogens is 306 g/mol. The molecule has 0 fully saturated rings. The Bertz CT molecular complexity index is 277. The summed E-state index contributed by atoms with van der Waals surface area (Å²) in [5, 5.41) is 0. The van der Waals surface area contributed by atoms with E-state index < -0.39 is 0 Å². The molecular formula is C23H47NO. The Kier molecular flexibility index (Phi) is 19.4. The standard InChI is InChI=1S/C23H47NO/c1-4-7-10-13-16-19-22-24(21-18-15-12-9-6-3)23(25)20-17-14-11-8-5-2/h4-22H2,1-3H3. The van der Waals surface area contributed by atoms with E-state index in [0.717, 1.165) is 25.9 Å². The highest BCUT2D eigenvalue weighted by molar-refractivity contribution is 5.76. The number of unbranched alkanes of at least 4 members (excludes halogenated alkanes) is 13. The maximum Gasteiger partial charge on any atom is 0.222 e. The molecule has 0 saturated heterocycles. The molecule has 0 bridgehead atoms. The summed E-state index contributed by atoms with van der Waals surface area (Å²) in [5.74, 6) is 0.417. The lowest BCUT2D eigenvalue weighted by atomic mass is 10.1. The average molecular weight is 354 g/mol. The van der Waals surface area contributed by atoms with Crippen LogP contribution in [0.5, 0.6) is 0 Å². The maximum absolute atomic E-state index is 12.6. The molecule has 0 aromatic heterocycles. The molecule has 0 rings (SSSR count). The zero-order chi connectivity index (χ0) is 18.6. The first kappa shape index (κ1) is 24.5. The zero-order valence-corrected chi connectivity index (χ0v) is 17.8. The third-order valence-corrected chi connectivity index (χ3v) is 5.16. The van der Waals surface area contributed by atoms with Gasteiger partial charge in [0, 0.05) is 19.5 Å². The van der Waals surface area contributed by atoms with Crippen molar-refractivity contribution in [3.8, 4) is 0 Å². The van der Waals surface area contributed by atoms with E-state index in [-0.39, 0.29) is 0 Å². The third-order valence-electron chi connectivity index (χ3n) is 5.16. The van der Waals surface area contributed by atoms with E-state index in [0.29, 0.717) is 5.91 Å². The molecule has 0 radical (unpaired) electrons. The van der Waals surface area contributed by atoms with Gasteiger partial charge in [0.25, 0.3) is 0 Å². The van der Waals surface area contributed by atoms with E-state index >= 15 is 0 Å². The summed E-state index contributed by atoms with van der Waals surface area (Å²) in [6.07, 6.45) is 21.2. The monoisotopic (exact) mass is 353 g/mol. The SMILES string of the molecule is CCCCCCCCN(CCCCCCC)C(=O)CCCCCCC. The van der Waals surface area contributed by atoms with Crippen molar-refractivity contribution in [2.45, 2.75) is 130 Å². The fourth-order valence-corrected chi connectivity index (χ4v) is 3.39. The van der Waals surface area contributed by atoms with Crippen LogP contribution in [0.1, 0.15) is 130 Å². The van der Waals surface area contributed by atoms with Crippen molar-refractivity contribution in [2.24, 2.45) is 0 Å². The summed E-state index contributed by atoms with van der Waals surface area (Å²) in [4.78, 5) is 14.8. The maximum atomic E-state index is 12.6. The molecule has 150 valence electrons. The predicted molar refractivity (Wildman–Crippen MR) is 112 cm³/mol. The normalized spacial score (nSPS) is 11.0. The molecule has 0 N–H and O–H groups in total. The van der Waals surface area contributed by atoms with E-state index in [1.807, 2.05) is 0 Å². The lowest BCUT2D eigenvalue weighted by Crippen LogP contribution is -2.32. The Balaban J connectivity index is 4.01. The van der Waals surface area contributed by atoms with Crippen LogP contribution in [0.2, 0.25) is 0 Å². The van der Waals surface area contributed by atoms with Gasteiger partial charge in [0.2, 0.25) is 5.91 Å². The van der Waals surface area contributed by atoms with Gasteiger partial charge in [-0.1, -0.05) is 104 Å². The van der Waals surface area contributed by atoms with Crippen LogP contribution in [0.4, 0.5) is 0 Å². The second-order valence-corrected chi connectivity index (χ2v) is 7.73. The summed E-state index contributed by atoms with van der Waals surface area (Å²) in [6.45, 7) is 8.75. The number of nitrogens with zero attached hydrogens (tertiary/aromatic N) is 1. The summed E-state index contributed by atoms with van der Waals surface area (Å²) < 4.78 is 0. The lowest BCUT2D eigenvalue weighted by molar-refractivity contribution is -0.131. The van der Waals surface area contributed by atoms with E-state index in [9.17, 15) is 4.79 Å². The Hall–Kier alpha value is -0.530. The minimum atomic E-state index is 0.417. The summed E-state index contributed by atoms with van der Waals surface area (Å²) >= 11 is 0. The Morgan fingerprint density at radius 1 is 0.520 bits per heavy atom. The molecule has 1 amide bonds. The molecule has 0 atom stereocenters. The van der Waals surface area contributed by atoms with Gasteiger partial charge in [-0.15, -0.1) is 0 Å². The van der Waals surface area contributed by atoms with Gasteiger partial charge in [-0.2, -0.15) is 0 Å². The highest BCUT2D eigenvalue weighted by Gasteiger charge is 2.12. The predicted octanol–water partition coefficient (Wildman–Crippen LogP) is 7.51. The van der Waals surface area contributed by atoms with Crippen LogP contribution in [0.15, 0.2) is 0 Å². The Morgan fingerprint density at radius 2 is 0.880 bits per heavy atom. The minimum absolute atomic E-state index is 0.417. The molecule has 0 spiro atoms. The molecule has 0 aliphatic rings. The second kappa shape index (κ2) is 19.8. The molecule has 0 aliphatic heterocycles. The van der Waals surface area contributed by atoms with Gasteiger partial charge in [0.15, 0.2) is 0 Å². The molecule has 2 nitrogen and oxygen atoms in total. The van der Waals surface area contributed by atoms with E-state index in [1.165, 1.54) is 96.3 Å². The van der Waals surface area contributed by atoms with Crippen LogP contribution in [0, 0.1) is 0 Å². The molecule has 0 aromatic rings. The highest BCUT2D eigenvalue weighted by Crippen LogP contribution is 2.11. The van der Waals surface area contributed by atoms with Crippen LogP contribution in [0.3, 0.4) is 0 Å². The minimum Gasteiger partial charge on any atom is -0.343 e. The number of rotatable bonds is 19. The zero-order valence-electron chi connectivity index (χ0n) is 17.8. The van der Waals surface area contributed by atoms with Gasteiger partial charge < -0.3 is 4.90 Å². The first-order chi connectivity index (χ1) is 12.3. The van der Waals surface area contributed by atoms with Crippen LogP contribution >= 0.6 is 0 Å². The van der Waals surface area contributed by atoms with Crippen molar-refractivity contribution in [3.63, 3.8) is 0 Å². The average Bonchev–Trinajstić information content (AvgIpc) is 2.62. The van der Waals surface area contributed by atoms with Gasteiger partial charge in [-0.05, 0) is 19.3 Å². The third kappa shape index (κ3) is 16.7. The number of carbonyl (C=O) groups excluding carboxylic acids is 1. The van der Waals surface area contributed by atoms with Crippen molar-refractivity contribution in [3.05, 3.63) is 0 Å². The number of hydrogen-bond acceptors (Lipinski definition) is 1. The molecule has 0 aromatic carbocycles. The summed E-state index contributed by atoms with van der Waals surface area (Å²) in [5.41, 5.74) is 0. The number of carbonyl (C=O) groups is 1. The van der Waals surface area contributed by atoms with Gasteiger partial charge in [0.05, 0.1) is 0 Å². The smallest absolute Gasteiger partial charge is 0.222 e. The first-order valence-corrected chi connectivity index (χ1v) is 11.5. The van der Waals surface area contributed by atoms with Crippen LogP contribution in [-0.4, -0.2) is 23.9 Å². The van der Waals surface area contributed by atoms with Crippen molar-refractivity contribution < 1.29 is 4.79 Å². The highest BCUT2D eigenvalue weighted by atomic mass is 16.2. The van der Waals surface area contributed by atoms with Gasteiger partial charge in [0.1, 0.15) is 0 Å². The van der Waals surface area contributed by atoms with Crippen molar-refractivity contribution >= 4 is 5.91 Å². The van der Waals surface area contributed by atoms with E-state index in [2.05, 4.69) is 25.7 Å². The van der Waals surface area contributed by atoms with Crippen LogP contribution in [0.25, 0.3) is 0 Å². The van der Waals surface area contributed by atoms with Gasteiger partial charge in [-0.3, -0.25) is 4.79 Å². The van der Waals surface area contributed by atoms with Crippen molar-refractivity contribution in [1.29, 1.82) is 0 Å². The molecule has 0 saturated carbocycles. The van der Waals surface area contributed by atoms with Crippen molar-refractivity contribution in [1.82, 2.24) is 4.90 Å². The van der Waals surface area contributed by atoms with Crippen molar-refractivity contribution in [2.75, 3.05) is 13.1 Å².